The van der Waals surface area contributed by atoms with Crippen LogP contribution in [0.3, 0.4) is 0 Å². The maximum Gasteiger partial charge on any atom is 1.00 e. The molecule has 0 aliphatic heterocycles. The van der Waals surface area contributed by atoms with Gasteiger partial charge in [0.05, 0.1) is 85.4 Å². The number of aromatic nitrogens is 8. The summed E-state index contributed by atoms with van der Waals surface area (Å²) in [7, 11) is 5.43. The summed E-state index contributed by atoms with van der Waals surface area (Å²) in [5.74, 6) is -0.684. The Morgan fingerprint density at radius 1 is 0.750 bits per heavy atom. The molecule has 1 N–H and O–H groups in total. The number of nitrogens with zero attached hydrogens (tertiary/aromatic N) is 8. The first-order chi connectivity index (χ1) is 33.2. The van der Waals surface area contributed by atoms with Crippen molar-refractivity contribution in [2.45, 2.75) is 38.9 Å². The van der Waals surface area contributed by atoms with Crippen LogP contribution in [-0.4, -0.2) is 101 Å². The molecule has 0 atom stereocenters. The SMILES string of the molecule is COC(=O)c1ccc(CBr)cc1.COC(=O)c1ccc(Cn2ncc3c4sc(C)nc4n(C)c3c2=O)cc1.Cc1nc2c(s1)c1cnn(Cc3ccc(CO)cc3)c(=O)c1n2C.O=CO[O-].[2H]CF.[AlH3].[H-].[H-].[K+].[K+].[Li+]. The number of rotatable bonds is 9. The molecule has 3 aromatic carbocycles. The summed E-state index contributed by atoms with van der Waals surface area (Å²) in [6, 6.07) is 21.7. The summed E-state index contributed by atoms with van der Waals surface area (Å²) in [6.07, 6.45) is 3.47. The van der Waals surface area contributed by atoms with Crippen molar-refractivity contribution < 1.29 is 169 Å². The van der Waals surface area contributed by atoms with Crippen LogP contribution in [0.1, 0.15) is 57.2 Å². The van der Waals surface area contributed by atoms with Crippen LogP contribution in [-0.2, 0) is 58.3 Å². The van der Waals surface area contributed by atoms with Crippen LogP contribution in [0.5, 0.6) is 0 Å². The third-order valence-electron chi connectivity index (χ3n) is 10.1. The third kappa shape index (κ3) is 16.5. The molecule has 0 aliphatic rings. The summed E-state index contributed by atoms with van der Waals surface area (Å²) in [5.41, 5.74) is 7.46. The maximum absolute atomic E-state index is 12.9. The van der Waals surface area contributed by atoms with Gasteiger partial charge in [-0.2, -0.15) is 10.2 Å². The number of carbonyl (C=O) groups excluding carboxylic acids is 3. The quantitative estimate of drug-likeness (QED) is 0.0365. The van der Waals surface area contributed by atoms with Gasteiger partial charge in [-0.1, -0.05) is 64.5 Å². The van der Waals surface area contributed by atoms with E-state index in [1.807, 2.05) is 73.5 Å². The minimum atomic E-state index is -1.00. The number of fused-ring (bicyclic) bond motifs is 6. The molecule has 0 bridgehead atoms. The summed E-state index contributed by atoms with van der Waals surface area (Å²) in [5, 5.41) is 30.6. The van der Waals surface area contributed by atoms with Crippen LogP contribution in [0, 0.1) is 13.8 Å². The minimum absolute atomic E-state index is 0. The van der Waals surface area contributed by atoms with Gasteiger partial charge in [0.1, 0.15) is 11.0 Å². The van der Waals surface area contributed by atoms with Crippen molar-refractivity contribution in [2.75, 3.05) is 21.4 Å². The Morgan fingerprint density at radius 3 is 1.40 bits per heavy atom. The van der Waals surface area contributed by atoms with Gasteiger partial charge in [0.25, 0.3) is 17.6 Å². The van der Waals surface area contributed by atoms with E-state index in [4.69, 9.17) is 21.3 Å². The number of aliphatic hydroxyl groups excluding tert-OH is 1. The van der Waals surface area contributed by atoms with Crippen molar-refractivity contribution in [3.63, 3.8) is 0 Å². The molecule has 9 aromatic rings. The molecule has 0 spiro atoms. The number of alkyl halides is 2. The van der Waals surface area contributed by atoms with E-state index in [1.54, 1.807) is 71.5 Å². The van der Waals surface area contributed by atoms with E-state index in [9.17, 15) is 23.6 Å². The minimum Gasteiger partial charge on any atom is -1.00 e. The van der Waals surface area contributed by atoms with E-state index in [2.05, 4.69) is 45.7 Å². The number of benzene rings is 3. The zero-order valence-corrected chi connectivity index (χ0v) is 49.9. The molecule has 0 fully saturated rings. The Kier molecular flexibility index (Phi) is 29.8. The molecule has 0 unspecified atom stereocenters. The largest absolute Gasteiger partial charge is 1.00 e. The molecule has 6 heterocycles. The Labute approximate surface area is 540 Å². The molecule has 6 aromatic heterocycles. The molecule has 0 saturated carbocycles. The van der Waals surface area contributed by atoms with Crippen molar-refractivity contribution in [1.82, 2.24) is 38.7 Å². The van der Waals surface area contributed by atoms with E-state index in [0.717, 1.165) is 69.1 Å². The first-order valence-corrected chi connectivity index (χ1v) is 22.7. The first kappa shape index (κ1) is 65.5. The van der Waals surface area contributed by atoms with Crippen LogP contribution in [0.4, 0.5) is 4.39 Å². The molecular formula is C46H50AlBrFK2LiN8O10S2. The number of halogens is 2. The van der Waals surface area contributed by atoms with E-state index in [-0.39, 0.29) is 178 Å². The van der Waals surface area contributed by atoms with Crippen LogP contribution >= 0.6 is 38.6 Å². The summed E-state index contributed by atoms with van der Waals surface area (Å²) in [4.78, 5) is 68.5. The van der Waals surface area contributed by atoms with Gasteiger partial charge in [-0.05, 0) is 60.4 Å². The molecule has 0 amide bonds. The van der Waals surface area contributed by atoms with Crippen LogP contribution in [0.15, 0.2) is 94.8 Å². The molecule has 366 valence electrons. The van der Waals surface area contributed by atoms with E-state index in [1.165, 1.54) is 23.6 Å². The van der Waals surface area contributed by atoms with Crippen molar-refractivity contribution in [3.05, 3.63) is 149 Å². The average molecular weight is 1150 g/mol. The van der Waals surface area contributed by atoms with Crippen molar-refractivity contribution in [3.8, 4) is 0 Å². The number of methoxy groups -OCH3 is 2. The fraction of sp³-hybridized carbons (Fsp3) is 0.239. The third-order valence-corrected chi connectivity index (χ3v) is 12.7. The van der Waals surface area contributed by atoms with Crippen molar-refractivity contribution >= 4 is 117 Å². The van der Waals surface area contributed by atoms with Crippen LogP contribution in [0.25, 0.3) is 42.5 Å². The van der Waals surface area contributed by atoms with Gasteiger partial charge in [-0.3, -0.25) is 18.8 Å². The number of ether oxygens (including phenoxy) is 2. The maximum atomic E-state index is 12.9. The normalized spacial score (nSPS) is 10.1. The Hall–Kier alpha value is -2.58. The van der Waals surface area contributed by atoms with Gasteiger partial charge in [0, 0.05) is 30.2 Å². The Balaban J connectivity index is 0. The number of hydrogen-bond acceptors (Lipinski definition) is 16. The van der Waals surface area contributed by atoms with Gasteiger partial charge in [0.2, 0.25) is 0 Å². The summed E-state index contributed by atoms with van der Waals surface area (Å²) in [6.45, 7) is 4.45. The number of hydrogen-bond donors (Lipinski definition) is 1. The smallest absolute Gasteiger partial charge is 1.00 e. The van der Waals surface area contributed by atoms with Crippen LogP contribution < -0.4 is 138 Å². The van der Waals surface area contributed by atoms with Gasteiger partial charge in [-0.25, -0.2) is 28.9 Å². The zero-order valence-electron chi connectivity index (χ0n) is 43.5. The van der Waals surface area contributed by atoms with Crippen molar-refractivity contribution in [2.24, 2.45) is 14.1 Å². The monoisotopic (exact) mass is 1150 g/mol. The number of esters is 2. The molecule has 26 heteroatoms. The van der Waals surface area contributed by atoms with Gasteiger partial charge < -0.3 is 36.7 Å². The first-order valence-electron chi connectivity index (χ1n) is 20.7. The van der Waals surface area contributed by atoms with Crippen LogP contribution in [0.2, 0.25) is 0 Å². The van der Waals surface area contributed by atoms with Gasteiger partial charge in [0.15, 0.2) is 28.7 Å². The predicted molar refractivity (Wildman–Crippen MR) is 271 cm³/mol. The molecule has 0 radical (unpaired) electrons. The number of thiazole rings is 2. The van der Waals surface area contributed by atoms with Gasteiger partial charge >= 0.3 is 134 Å². The Morgan fingerprint density at radius 2 is 1.08 bits per heavy atom. The topological polar surface area (TPSA) is 228 Å². The van der Waals surface area contributed by atoms with E-state index < -0.39 is 7.15 Å². The second kappa shape index (κ2) is 32.8. The Bertz CT molecular complexity index is 3350. The van der Waals surface area contributed by atoms with E-state index >= 15 is 0 Å². The molecule has 18 nitrogen and oxygen atoms in total. The summed E-state index contributed by atoms with van der Waals surface area (Å²) < 4.78 is 33.3. The second-order valence-electron chi connectivity index (χ2n) is 14.3. The molecular weight excluding hydrogens is 1100 g/mol. The molecule has 0 saturated heterocycles. The number of carbonyl (C=O) groups is 3. The van der Waals surface area contributed by atoms with Crippen molar-refractivity contribution in [1.29, 1.82) is 0 Å². The zero-order chi connectivity index (χ0) is 50.4. The fourth-order valence-electron chi connectivity index (χ4n) is 6.82. The summed E-state index contributed by atoms with van der Waals surface area (Å²) >= 11 is 6.46. The van der Waals surface area contributed by atoms with Gasteiger partial charge in [-0.15, -0.1) is 22.7 Å². The predicted octanol–water partition coefficient (Wildman–Crippen LogP) is -3.88. The molecule has 72 heavy (non-hydrogen) atoms. The van der Waals surface area contributed by atoms with E-state index in [0.29, 0.717) is 35.2 Å². The number of aryl methyl sites for hydroxylation is 4. The standard InChI is InChI=1S/C18H16N4O3S.C17H16N4O2S.C9H9BrO2.CH3F.CH2O3.Al.2K.Li.5H/c1-10-20-16-15(26-10)13-8-19-22(17(23)14(13)21(16)2)9-11-4-6-12(7-5-11)18(24)25-3;1-10-19-16-15(24-10)13-7-18-21(17(23)14(13)20(16)2)8-11-3-5-12(9-22)6-4-11;1-12-9(11)8-4-2-7(6-10)3-5-8;1-2;2-1-4-3;;;;;;;;;/h4-8H,9H2,1-3H3;3-7,22H,8-9H2,1-2H3;2-5H,6H2,1H3;1H3;1,3H;;;;;;;;;/q;;;;;;3*+1;;;;2*-1/p-1/i;;;1D;;;;;;;;;;. The molecule has 9 rings (SSSR count). The average Bonchev–Trinajstić information content (AvgIpc) is 4.10. The second-order valence-corrected chi connectivity index (χ2v) is 17.3. The fourth-order valence-corrected chi connectivity index (χ4v) is 9.12. The number of aliphatic hydroxyl groups is 1. The molecule has 0 aliphatic carbocycles.